The molecule has 0 radical (unpaired) electrons. The molecule has 0 spiro atoms. The standard InChI is InChI=1S/C8H4F3NO4S/c9-8(10,11)7-5-3-1-2-4-6(5)15-17(13,14)12(7)16-7/h1-4H/t7-,12?/m1/s1. The van der Waals surface area contributed by atoms with Gasteiger partial charge in [0.05, 0.1) is 5.56 Å². The lowest BCUT2D eigenvalue weighted by atomic mass is 10.0. The molecule has 5 nitrogen and oxygen atoms in total. The Morgan fingerprint density at radius 2 is 1.88 bits per heavy atom. The van der Waals surface area contributed by atoms with E-state index in [9.17, 15) is 21.6 Å². The van der Waals surface area contributed by atoms with Crippen molar-refractivity contribution in [3.8, 4) is 5.75 Å². The highest BCUT2D eigenvalue weighted by Gasteiger charge is 2.82. The molecule has 1 fully saturated rings. The van der Waals surface area contributed by atoms with Crippen LogP contribution < -0.4 is 4.18 Å². The number of hydrogen-bond donors (Lipinski definition) is 0. The van der Waals surface area contributed by atoms with E-state index in [0.717, 1.165) is 12.1 Å². The van der Waals surface area contributed by atoms with Crippen molar-refractivity contribution < 1.29 is 30.6 Å². The normalized spacial score (nSPS) is 33.2. The van der Waals surface area contributed by atoms with Crippen LogP contribution in [0.5, 0.6) is 5.75 Å². The van der Waals surface area contributed by atoms with Gasteiger partial charge in [-0.25, -0.2) is 4.84 Å². The fourth-order valence-electron chi connectivity index (χ4n) is 1.72. The number of hydrogen-bond acceptors (Lipinski definition) is 4. The fraction of sp³-hybridized carbons (Fsp3) is 0.250. The SMILES string of the molecule is O=S1(=O)Oc2ccccc2[C@]2(C(F)(F)F)ON21. The molecule has 0 aromatic heterocycles. The van der Waals surface area contributed by atoms with Crippen molar-refractivity contribution in [3.05, 3.63) is 29.8 Å². The summed E-state index contributed by atoms with van der Waals surface area (Å²) in [5.74, 6) is -0.376. The zero-order valence-electron chi connectivity index (χ0n) is 7.93. The van der Waals surface area contributed by atoms with Gasteiger partial charge in [-0.15, -0.1) is 0 Å². The highest BCUT2D eigenvalue weighted by molar-refractivity contribution is 7.84. The number of benzene rings is 1. The maximum Gasteiger partial charge on any atom is 0.441 e. The van der Waals surface area contributed by atoms with Crippen LogP contribution in [0.4, 0.5) is 13.2 Å². The quantitative estimate of drug-likeness (QED) is 0.664. The minimum absolute atomic E-state index is 0.178. The monoisotopic (exact) mass is 267 g/mol. The molecule has 0 N–H and O–H groups in total. The molecule has 1 aromatic rings. The molecule has 92 valence electrons. The van der Waals surface area contributed by atoms with Gasteiger partial charge in [-0.1, -0.05) is 18.2 Å². The van der Waals surface area contributed by atoms with Gasteiger partial charge in [0.25, 0.3) is 0 Å². The van der Waals surface area contributed by atoms with Gasteiger partial charge in [-0.2, -0.15) is 21.6 Å². The van der Waals surface area contributed by atoms with Crippen molar-refractivity contribution in [1.29, 1.82) is 0 Å². The Morgan fingerprint density at radius 1 is 1.24 bits per heavy atom. The van der Waals surface area contributed by atoms with E-state index in [-0.39, 0.29) is 15.8 Å². The first-order valence-corrected chi connectivity index (χ1v) is 5.76. The molecule has 1 unspecified atom stereocenters. The number of rotatable bonds is 0. The molecule has 3 rings (SSSR count). The molecule has 9 heteroatoms. The van der Waals surface area contributed by atoms with Crippen LogP contribution in [0.3, 0.4) is 0 Å². The number of nitrogens with zero attached hydrogens (tertiary/aromatic N) is 1. The average Bonchev–Trinajstić information content (AvgIpc) is 2.93. The Bertz CT molecular complexity index is 599. The lowest BCUT2D eigenvalue weighted by Crippen LogP contribution is -2.41. The summed E-state index contributed by atoms with van der Waals surface area (Å²) in [6.07, 6.45) is -4.88. The zero-order valence-corrected chi connectivity index (χ0v) is 8.75. The van der Waals surface area contributed by atoms with Crippen LogP contribution in [0.25, 0.3) is 0 Å². The van der Waals surface area contributed by atoms with Crippen LogP contribution in [-0.2, 0) is 20.9 Å². The van der Waals surface area contributed by atoms with Crippen molar-refractivity contribution in [2.45, 2.75) is 11.9 Å². The van der Waals surface area contributed by atoms with Gasteiger partial charge in [0, 0.05) is 4.47 Å². The number of alkyl halides is 3. The third-order valence-electron chi connectivity index (χ3n) is 2.47. The average molecular weight is 267 g/mol. The van der Waals surface area contributed by atoms with Crippen LogP contribution >= 0.6 is 0 Å². The van der Waals surface area contributed by atoms with Crippen molar-refractivity contribution in [1.82, 2.24) is 4.47 Å². The second-order valence-corrected chi connectivity index (χ2v) is 4.85. The molecule has 0 bridgehead atoms. The number of fused-ring (bicyclic) bond motifs is 3. The van der Waals surface area contributed by atoms with E-state index in [1.807, 2.05) is 0 Å². The second kappa shape index (κ2) is 2.74. The molecule has 0 saturated carbocycles. The lowest BCUT2D eigenvalue weighted by molar-refractivity contribution is -0.190. The molecule has 1 aromatic carbocycles. The Labute approximate surface area is 93.6 Å². The molecule has 0 aliphatic carbocycles. The Kier molecular flexibility index (Phi) is 1.74. The van der Waals surface area contributed by atoms with E-state index in [1.165, 1.54) is 12.1 Å². The Hall–Kier alpha value is -1.32. The predicted octanol–water partition coefficient (Wildman–Crippen LogP) is 1.29. The molecule has 1 saturated heterocycles. The Balaban J connectivity index is 2.28. The number of halogens is 3. The molecule has 2 atom stereocenters. The summed E-state index contributed by atoms with van der Waals surface area (Å²) in [5.41, 5.74) is -3.30. The van der Waals surface area contributed by atoms with E-state index in [1.54, 1.807) is 0 Å². The van der Waals surface area contributed by atoms with E-state index in [2.05, 4.69) is 9.02 Å². The van der Waals surface area contributed by atoms with E-state index >= 15 is 0 Å². The van der Waals surface area contributed by atoms with Crippen LogP contribution in [-0.4, -0.2) is 19.1 Å². The highest BCUT2D eigenvalue weighted by atomic mass is 32.2. The third-order valence-corrected chi connectivity index (χ3v) is 3.60. The minimum Gasteiger partial charge on any atom is -0.369 e. The summed E-state index contributed by atoms with van der Waals surface area (Å²) in [7, 11) is -4.55. The van der Waals surface area contributed by atoms with E-state index in [4.69, 9.17) is 0 Å². The van der Waals surface area contributed by atoms with E-state index < -0.39 is 22.2 Å². The van der Waals surface area contributed by atoms with Crippen LogP contribution in [0.1, 0.15) is 5.56 Å². The van der Waals surface area contributed by atoms with Gasteiger partial charge >= 0.3 is 22.2 Å². The molecule has 2 aliphatic rings. The predicted molar refractivity (Wildman–Crippen MR) is 46.6 cm³/mol. The maximum atomic E-state index is 12.9. The molecular formula is C8H4F3NO4S. The van der Waals surface area contributed by atoms with Crippen molar-refractivity contribution in [3.63, 3.8) is 0 Å². The van der Waals surface area contributed by atoms with Crippen molar-refractivity contribution in [2.75, 3.05) is 0 Å². The minimum atomic E-state index is -4.88. The highest BCUT2D eigenvalue weighted by Crippen LogP contribution is 2.61. The largest absolute Gasteiger partial charge is 0.441 e. The van der Waals surface area contributed by atoms with Crippen LogP contribution in [0.2, 0.25) is 0 Å². The number of hydroxylamine groups is 1. The van der Waals surface area contributed by atoms with Gasteiger partial charge in [0.2, 0.25) is 0 Å². The Morgan fingerprint density at radius 3 is 2.53 bits per heavy atom. The molecule has 17 heavy (non-hydrogen) atoms. The summed E-state index contributed by atoms with van der Waals surface area (Å²) >= 11 is 0. The molecular weight excluding hydrogens is 263 g/mol. The molecule has 2 heterocycles. The van der Waals surface area contributed by atoms with Crippen LogP contribution in [0, 0.1) is 0 Å². The smallest absolute Gasteiger partial charge is 0.369 e. The fourth-order valence-corrected chi connectivity index (χ4v) is 2.88. The van der Waals surface area contributed by atoms with Gasteiger partial charge in [-0.05, 0) is 6.07 Å². The molecule has 2 aliphatic heterocycles. The summed E-state index contributed by atoms with van der Waals surface area (Å²) in [6.45, 7) is 0. The van der Waals surface area contributed by atoms with Gasteiger partial charge in [0.1, 0.15) is 0 Å². The topological polar surface area (TPSA) is 58.9 Å². The first-order chi connectivity index (χ1) is 7.79. The summed E-state index contributed by atoms with van der Waals surface area (Å²) < 4.78 is 65.6. The van der Waals surface area contributed by atoms with Gasteiger partial charge < -0.3 is 4.18 Å². The summed E-state index contributed by atoms with van der Waals surface area (Å²) in [4.78, 5) is 4.27. The zero-order chi connectivity index (χ0) is 12.5. The van der Waals surface area contributed by atoms with Gasteiger partial charge in [-0.3, -0.25) is 0 Å². The van der Waals surface area contributed by atoms with Gasteiger partial charge in [0.15, 0.2) is 5.75 Å². The maximum absolute atomic E-state index is 12.9. The third kappa shape index (κ3) is 1.18. The van der Waals surface area contributed by atoms with Crippen LogP contribution in [0.15, 0.2) is 24.3 Å². The lowest BCUT2D eigenvalue weighted by Gasteiger charge is -2.22. The van der Waals surface area contributed by atoms with Crippen molar-refractivity contribution >= 4 is 10.3 Å². The second-order valence-electron chi connectivity index (χ2n) is 3.50. The number of para-hydroxylation sites is 1. The first kappa shape index (κ1) is 10.8. The summed E-state index contributed by atoms with van der Waals surface area (Å²) in [5, 5.41) is 0. The van der Waals surface area contributed by atoms with Crippen molar-refractivity contribution in [2.24, 2.45) is 0 Å². The van der Waals surface area contributed by atoms with E-state index in [0.29, 0.717) is 0 Å². The molecule has 0 amide bonds. The first-order valence-electron chi connectivity index (χ1n) is 4.39. The summed E-state index contributed by atoms with van der Waals surface area (Å²) in [6, 6.07) is 4.96.